The molecular weight excluding hydrogens is 236 g/mol. The summed E-state index contributed by atoms with van der Waals surface area (Å²) < 4.78 is 1.52. The third kappa shape index (κ3) is 2.16. The normalized spacial score (nSPS) is 10.1. The number of thiocarbonyl (C=S) groups is 1. The molecule has 6 heteroatoms. The Bertz CT molecular complexity index is 591. The standard InChI is InChI=1S/C11H10N4OS/c12-10(16)7-5-14-15(6-7)9-4-2-1-3-8(9)11(13)17/h1-6H,(H2,12,16)(H2,13,17). The third-order valence-electron chi connectivity index (χ3n) is 2.28. The van der Waals surface area contributed by atoms with Gasteiger partial charge in [-0.15, -0.1) is 0 Å². The number of aromatic nitrogens is 2. The Morgan fingerprint density at radius 1 is 1.29 bits per heavy atom. The highest BCUT2D eigenvalue weighted by molar-refractivity contribution is 7.80. The third-order valence-corrected chi connectivity index (χ3v) is 2.50. The number of amides is 1. The molecule has 0 radical (unpaired) electrons. The molecule has 0 spiro atoms. The minimum absolute atomic E-state index is 0.275. The van der Waals surface area contributed by atoms with E-state index in [4.69, 9.17) is 23.7 Å². The second-order valence-electron chi connectivity index (χ2n) is 3.42. The Morgan fingerprint density at radius 2 is 2.00 bits per heavy atom. The second-order valence-corrected chi connectivity index (χ2v) is 3.86. The number of hydrogen-bond acceptors (Lipinski definition) is 3. The molecule has 0 aliphatic carbocycles. The number of nitrogens with zero attached hydrogens (tertiary/aromatic N) is 2. The number of primary amides is 1. The van der Waals surface area contributed by atoms with Gasteiger partial charge in [0.05, 0.1) is 17.4 Å². The second kappa shape index (κ2) is 4.34. The van der Waals surface area contributed by atoms with Gasteiger partial charge in [0.25, 0.3) is 5.91 Å². The zero-order valence-electron chi connectivity index (χ0n) is 8.83. The summed E-state index contributed by atoms with van der Waals surface area (Å²) >= 11 is 4.95. The first-order valence-corrected chi connectivity index (χ1v) is 5.24. The quantitative estimate of drug-likeness (QED) is 0.777. The minimum atomic E-state index is -0.524. The molecule has 2 rings (SSSR count). The topological polar surface area (TPSA) is 86.9 Å². The number of benzene rings is 1. The summed E-state index contributed by atoms with van der Waals surface area (Å²) in [7, 11) is 0. The number of carbonyl (C=O) groups is 1. The molecule has 4 N–H and O–H groups in total. The highest BCUT2D eigenvalue weighted by Gasteiger charge is 2.09. The Kier molecular flexibility index (Phi) is 2.88. The summed E-state index contributed by atoms with van der Waals surface area (Å²) in [4.78, 5) is 11.3. The average molecular weight is 246 g/mol. The number of para-hydroxylation sites is 1. The van der Waals surface area contributed by atoms with Gasteiger partial charge in [-0.2, -0.15) is 5.10 Å². The van der Waals surface area contributed by atoms with E-state index in [9.17, 15) is 4.79 Å². The van der Waals surface area contributed by atoms with Crippen LogP contribution in [-0.2, 0) is 0 Å². The Morgan fingerprint density at radius 3 is 2.59 bits per heavy atom. The smallest absolute Gasteiger partial charge is 0.251 e. The summed E-state index contributed by atoms with van der Waals surface area (Å²) in [5, 5.41) is 4.05. The van der Waals surface area contributed by atoms with Gasteiger partial charge < -0.3 is 11.5 Å². The lowest BCUT2D eigenvalue weighted by molar-refractivity contribution is 0.100. The maximum Gasteiger partial charge on any atom is 0.251 e. The number of carbonyl (C=O) groups excluding carboxylic acids is 1. The maximum atomic E-state index is 11.0. The first-order valence-electron chi connectivity index (χ1n) is 4.83. The lowest BCUT2D eigenvalue weighted by Crippen LogP contribution is -2.13. The fourth-order valence-corrected chi connectivity index (χ4v) is 1.64. The molecule has 0 aliphatic heterocycles. The molecule has 0 unspecified atom stereocenters. The Hall–Kier alpha value is -2.21. The highest BCUT2D eigenvalue weighted by atomic mass is 32.1. The van der Waals surface area contributed by atoms with E-state index in [1.807, 2.05) is 18.2 Å². The first kappa shape index (κ1) is 11.3. The van der Waals surface area contributed by atoms with E-state index >= 15 is 0 Å². The summed E-state index contributed by atoms with van der Waals surface area (Å²) in [6.45, 7) is 0. The van der Waals surface area contributed by atoms with Crippen LogP contribution in [0.15, 0.2) is 36.7 Å². The van der Waals surface area contributed by atoms with Crippen molar-refractivity contribution in [1.82, 2.24) is 9.78 Å². The predicted octanol–water partition coefficient (Wildman–Crippen LogP) is 0.605. The van der Waals surface area contributed by atoms with Gasteiger partial charge in [0.1, 0.15) is 4.99 Å². The minimum Gasteiger partial charge on any atom is -0.389 e. The molecule has 1 heterocycles. The Balaban J connectivity index is 2.52. The molecule has 17 heavy (non-hydrogen) atoms. The van der Waals surface area contributed by atoms with E-state index in [0.717, 1.165) is 0 Å². The molecule has 86 valence electrons. The molecule has 1 aromatic carbocycles. The van der Waals surface area contributed by atoms with E-state index in [2.05, 4.69) is 5.10 Å². The van der Waals surface area contributed by atoms with Crippen LogP contribution in [0.2, 0.25) is 0 Å². The van der Waals surface area contributed by atoms with Gasteiger partial charge in [0.15, 0.2) is 0 Å². The summed E-state index contributed by atoms with van der Waals surface area (Å²) in [6.07, 6.45) is 2.94. The van der Waals surface area contributed by atoms with Crippen molar-refractivity contribution in [3.8, 4) is 5.69 Å². The average Bonchev–Trinajstić information content (AvgIpc) is 2.78. The summed E-state index contributed by atoms with van der Waals surface area (Å²) in [5.41, 5.74) is 12.5. The van der Waals surface area contributed by atoms with Gasteiger partial charge in [0.2, 0.25) is 0 Å². The molecule has 0 atom stereocenters. The number of hydrogen-bond donors (Lipinski definition) is 2. The summed E-state index contributed by atoms with van der Waals surface area (Å²) in [6, 6.07) is 7.27. The van der Waals surface area contributed by atoms with Gasteiger partial charge in [-0.25, -0.2) is 4.68 Å². The largest absolute Gasteiger partial charge is 0.389 e. The highest BCUT2D eigenvalue weighted by Crippen LogP contribution is 2.14. The zero-order chi connectivity index (χ0) is 12.4. The SMILES string of the molecule is NC(=O)c1cnn(-c2ccccc2C(N)=S)c1. The first-order chi connectivity index (χ1) is 8.09. The van der Waals surface area contributed by atoms with Crippen LogP contribution in [0.3, 0.4) is 0 Å². The molecule has 1 aromatic heterocycles. The predicted molar refractivity (Wildman–Crippen MR) is 68.0 cm³/mol. The van der Waals surface area contributed by atoms with Gasteiger partial charge in [-0.1, -0.05) is 24.4 Å². The number of nitrogens with two attached hydrogens (primary N) is 2. The molecule has 0 saturated heterocycles. The van der Waals surface area contributed by atoms with Gasteiger partial charge >= 0.3 is 0 Å². The van der Waals surface area contributed by atoms with Crippen LogP contribution in [-0.4, -0.2) is 20.7 Å². The van der Waals surface area contributed by atoms with Crippen molar-refractivity contribution in [2.24, 2.45) is 11.5 Å². The number of rotatable bonds is 3. The molecular formula is C11H10N4OS. The van der Waals surface area contributed by atoms with Crippen molar-refractivity contribution in [3.63, 3.8) is 0 Å². The lowest BCUT2D eigenvalue weighted by Gasteiger charge is -2.07. The van der Waals surface area contributed by atoms with Crippen molar-refractivity contribution in [2.45, 2.75) is 0 Å². The van der Waals surface area contributed by atoms with Gasteiger partial charge in [0, 0.05) is 11.8 Å². The maximum absolute atomic E-state index is 11.0. The van der Waals surface area contributed by atoms with Crippen LogP contribution >= 0.6 is 12.2 Å². The zero-order valence-corrected chi connectivity index (χ0v) is 9.65. The van der Waals surface area contributed by atoms with Crippen LogP contribution < -0.4 is 11.5 Å². The molecule has 0 aliphatic rings. The van der Waals surface area contributed by atoms with E-state index in [1.54, 1.807) is 12.3 Å². The Labute approximate surface area is 103 Å². The molecule has 1 amide bonds. The van der Waals surface area contributed by atoms with E-state index in [1.165, 1.54) is 10.9 Å². The van der Waals surface area contributed by atoms with Crippen LogP contribution in [0.1, 0.15) is 15.9 Å². The van der Waals surface area contributed by atoms with E-state index in [-0.39, 0.29) is 4.99 Å². The lowest BCUT2D eigenvalue weighted by atomic mass is 10.2. The van der Waals surface area contributed by atoms with Gasteiger partial charge in [-0.05, 0) is 12.1 Å². The summed E-state index contributed by atoms with van der Waals surface area (Å²) in [5.74, 6) is -0.524. The van der Waals surface area contributed by atoms with Crippen molar-refractivity contribution < 1.29 is 4.79 Å². The van der Waals surface area contributed by atoms with Gasteiger partial charge in [-0.3, -0.25) is 4.79 Å². The van der Waals surface area contributed by atoms with Crippen molar-refractivity contribution >= 4 is 23.1 Å². The van der Waals surface area contributed by atoms with Crippen LogP contribution in [0.25, 0.3) is 5.69 Å². The van der Waals surface area contributed by atoms with E-state index < -0.39 is 5.91 Å². The molecule has 5 nitrogen and oxygen atoms in total. The van der Waals surface area contributed by atoms with Crippen molar-refractivity contribution in [1.29, 1.82) is 0 Å². The van der Waals surface area contributed by atoms with Crippen molar-refractivity contribution in [2.75, 3.05) is 0 Å². The molecule has 2 aromatic rings. The van der Waals surface area contributed by atoms with Crippen molar-refractivity contribution in [3.05, 3.63) is 47.8 Å². The van der Waals surface area contributed by atoms with Crippen LogP contribution in [0.4, 0.5) is 0 Å². The fraction of sp³-hybridized carbons (Fsp3) is 0. The fourth-order valence-electron chi connectivity index (χ4n) is 1.46. The van der Waals surface area contributed by atoms with Crippen LogP contribution in [0.5, 0.6) is 0 Å². The van der Waals surface area contributed by atoms with Crippen LogP contribution in [0, 0.1) is 0 Å². The monoisotopic (exact) mass is 246 g/mol. The van der Waals surface area contributed by atoms with E-state index in [0.29, 0.717) is 16.8 Å². The molecule has 0 bridgehead atoms. The molecule has 0 fully saturated rings. The molecule has 0 saturated carbocycles.